The van der Waals surface area contributed by atoms with Gasteiger partial charge in [-0.2, -0.15) is 5.10 Å². The van der Waals surface area contributed by atoms with Crippen molar-refractivity contribution in [2.24, 2.45) is 0 Å². The van der Waals surface area contributed by atoms with Gasteiger partial charge in [0.15, 0.2) is 0 Å². The molecule has 92 valence electrons. The van der Waals surface area contributed by atoms with Crippen molar-refractivity contribution in [1.29, 1.82) is 5.41 Å². The molecule has 0 bridgehead atoms. The second kappa shape index (κ2) is 3.98. The number of aromatic nitrogens is 2. The summed E-state index contributed by atoms with van der Waals surface area (Å²) >= 11 is 0. The van der Waals surface area contributed by atoms with Crippen LogP contribution in [0.15, 0.2) is 36.7 Å². The van der Waals surface area contributed by atoms with E-state index < -0.39 is 0 Å². The first kappa shape index (κ1) is 11.0. The average Bonchev–Trinajstić information content (AvgIpc) is 2.95. The van der Waals surface area contributed by atoms with Crippen molar-refractivity contribution in [3.63, 3.8) is 0 Å². The van der Waals surface area contributed by atoms with E-state index in [0.717, 1.165) is 17.8 Å². The van der Waals surface area contributed by atoms with E-state index in [9.17, 15) is 0 Å². The molecule has 0 saturated carbocycles. The molecule has 0 atom stereocenters. The van der Waals surface area contributed by atoms with Gasteiger partial charge in [-0.1, -0.05) is 24.3 Å². The second-order valence-corrected chi connectivity index (χ2v) is 4.86. The molecule has 2 heterocycles. The molecule has 0 amide bonds. The maximum Gasteiger partial charge on any atom is 0.133 e. The lowest BCUT2D eigenvalue weighted by Gasteiger charge is -2.15. The zero-order valence-corrected chi connectivity index (χ0v) is 10.6. The van der Waals surface area contributed by atoms with E-state index >= 15 is 0 Å². The normalized spacial score (nSPS) is 14.4. The molecule has 0 fully saturated rings. The van der Waals surface area contributed by atoms with Crippen molar-refractivity contribution < 1.29 is 0 Å². The third-order valence-electron chi connectivity index (χ3n) is 3.30. The molecule has 18 heavy (non-hydrogen) atoms. The highest BCUT2D eigenvalue weighted by atomic mass is 15.3. The van der Waals surface area contributed by atoms with Crippen LogP contribution in [0, 0.1) is 5.41 Å². The third-order valence-corrected chi connectivity index (χ3v) is 3.30. The van der Waals surface area contributed by atoms with Gasteiger partial charge < -0.3 is 4.90 Å². The predicted octanol–water partition coefficient (Wildman–Crippen LogP) is 2.81. The fourth-order valence-corrected chi connectivity index (χ4v) is 2.25. The third kappa shape index (κ3) is 1.61. The van der Waals surface area contributed by atoms with E-state index in [0.29, 0.717) is 11.9 Å². The Kier molecular flexibility index (Phi) is 2.44. The number of amidine groups is 1. The molecule has 0 radical (unpaired) electrons. The van der Waals surface area contributed by atoms with Gasteiger partial charge in [0.1, 0.15) is 5.84 Å². The van der Waals surface area contributed by atoms with Crippen molar-refractivity contribution >= 4 is 11.5 Å². The minimum Gasteiger partial charge on any atom is -0.319 e. The number of hydrogen-bond acceptors (Lipinski definition) is 2. The highest BCUT2D eigenvalue weighted by Crippen LogP contribution is 2.28. The van der Waals surface area contributed by atoms with Crippen LogP contribution < -0.4 is 4.90 Å². The number of nitrogens with zero attached hydrogens (tertiary/aromatic N) is 3. The summed E-state index contributed by atoms with van der Waals surface area (Å²) in [5.41, 5.74) is 3.22. The number of nitrogens with one attached hydrogen (secondary N) is 1. The zero-order chi connectivity index (χ0) is 12.7. The van der Waals surface area contributed by atoms with Gasteiger partial charge in [0.05, 0.1) is 18.4 Å². The minimum absolute atomic E-state index is 0.345. The first-order valence-electron chi connectivity index (χ1n) is 6.15. The van der Waals surface area contributed by atoms with Crippen molar-refractivity contribution in [1.82, 2.24) is 9.78 Å². The maximum atomic E-state index is 8.23. The lowest BCUT2D eigenvalue weighted by atomic mass is 10.1. The molecule has 1 aromatic carbocycles. The van der Waals surface area contributed by atoms with Gasteiger partial charge in [0, 0.05) is 17.8 Å². The fourth-order valence-electron chi connectivity index (χ4n) is 2.25. The summed E-state index contributed by atoms with van der Waals surface area (Å²) in [6.07, 6.45) is 3.84. The highest BCUT2D eigenvalue weighted by Gasteiger charge is 2.25. The maximum absolute atomic E-state index is 8.23. The van der Waals surface area contributed by atoms with Gasteiger partial charge in [0.2, 0.25) is 0 Å². The topological polar surface area (TPSA) is 44.9 Å². The summed E-state index contributed by atoms with van der Waals surface area (Å²) in [5, 5.41) is 12.6. The first-order chi connectivity index (χ1) is 8.66. The molecule has 1 aliphatic rings. The Balaban J connectivity index is 1.94. The summed E-state index contributed by atoms with van der Waals surface area (Å²) < 4.78 is 1.92. The minimum atomic E-state index is 0.345. The smallest absolute Gasteiger partial charge is 0.133 e. The van der Waals surface area contributed by atoms with Crippen molar-refractivity contribution in [3.8, 4) is 0 Å². The SMILES string of the molecule is CC(C)n1cc(N2Cc3ccccc3C2=N)cn1. The molecule has 0 unspecified atom stereocenters. The Morgan fingerprint density at radius 3 is 2.72 bits per heavy atom. The van der Waals surface area contributed by atoms with Gasteiger partial charge in [-0.25, -0.2) is 0 Å². The van der Waals surface area contributed by atoms with Gasteiger partial charge in [-0.3, -0.25) is 10.1 Å². The lowest BCUT2D eigenvalue weighted by molar-refractivity contribution is 0.532. The van der Waals surface area contributed by atoms with Gasteiger partial charge in [0.25, 0.3) is 0 Å². The molecule has 1 N–H and O–H groups in total. The monoisotopic (exact) mass is 240 g/mol. The van der Waals surface area contributed by atoms with Gasteiger partial charge >= 0.3 is 0 Å². The summed E-state index contributed by atoms with van der Waals surface area (Å²) in [6.45, 7) is 4.96. The summed E-state index contributed by atoms with van der Waals surface area (Å²) in [4.78, 5) is 2.00. The average molecular weight is 240 g/mol. The molecule has 4 heteroatoms. The Morgan fingerprint density at radius 2 is 2.06 bits per heavy atom. The molecular formula is C14H16N4. The van der Waals surface area contributed by atoms with Crippen LogP contribution in [0.4, 0.5) is 5.69 Å². The molecule has 3 rings (SSSR count). The van der Waals surface area contributed by atoms with E-state index in [1.165, 1.54) is 5.56 Å². The van der Waals surface area contributed by atoms with Crippen molar-refractivity contribution in [2.75, 3.05) is 4.90 Å². The zero-order valence-electron chi connectivity index (χ0n) is 10.6. The number of anilines is 1. The van der Waals surface area contributed by atoms with Crippen LogP contribution in [0.5, 0.6) is 0 Å². The van der Waals surface area contributed by atoms with Gasteiger partial charge in [-0.05, 0) is 19.4 Å². The number of fused-ring (bicyclic) bond motifs is 1. The van der Waals surface area contributed by atoms with E-state index in [2.05, 4.69) is 25.0 Å². The molecule has 0 saturated heterocycles. The summed E-state index contributed by atoms with van der Waals surface area (Å²) in [7, 11) is 0. The molecule has 1 aliphatic heterocycles. The fraction of sp³-hybridized carbons (Fsp3) is 0.286. The second-order valence-electron chi connectivity index (χ2n) is 4.86. The molecule has 2 aromatic rings. The molecular weight excluding hydrogens is 224 g/mol. The number of hydrogen-bond donors (Lipinski definition) is 1. The van der Waals surface area contributed by atoms with E-state index in [-0.39, 0.29) is 0 Å². The predicted molar refractivity (Wildman–Crippen MR) is 72.1 cm³/mol. The lowest BCUT2D eigenvalue weighted by Crippen LogP contribution is -2.22. The van der Waals surface area contributed by atoms with Crippen LogP contribution in [0.25, 0.3) is 0 Å². The van der Waals surface area contributed by atoms with Crippen LogP contribution in [0.2, 0.25) is 0 Å². The molecule has 4 nitrogen and oxygen atoms in total. The molecule has 0 aliphatic carbocycles. The molecule has 1 aromatic heterocycles. The highest BCUT2D eigenvalue weighted by molar-refractivity contribution is 6.11. The number of rotatable bonds is 2. The standard InChI is InChI=1S/C14H16N4/c1-10(2)18-9-12(7-16-18)17-8-11-5-3-4-6-13(11)14(17)15/h3-7,9-10,15H,8H2,1-2H3. The summed E-state index contributed by atoms with van der Waals surface area (Å²) in [6, 6.07) is 8.43. The van der Waals surface area contributed by atoms with Crippen molar-refractivity contribution in [2.45, 2.75) is 26.4 Å². The summed E-state index contributed by atoms with van der Waals surface area (Å²) in [5.74, 6) is 0.564. The van der Waals surface area contributed by atoms with Crippen LogP contribution >= 0.6 is 0 Å². The number of benzene rings is 1. The Labute approximate surface area is 106 Å². The van der Waals surface area contributed by atoms with Crippen LogP contribution in [0.1, 0.15) is 31.0 Å². The van der Waals surface area contributed by atoms with Gasteiger partial charge in [-0.15, -0.1) is 0 Å². The van der Waals surface area contributed by atoms with E-state index in [1.54, 1.807) is 0 Å². The first-order valence-corrected chi connectivity index (χ1v) is 6.15. The van der Waals surface area contributed by atoms with E-state index in [1.807, 2.05) is 40.2 Å². The molecule has 0 spiro atoms. The van der Waals surface area contributed by atoms with Crippen LogP contribution in [-0.2, 0) is 6.54 Å². The van der Waals surface area contributed by atoms with Crippen LogP contribution in [-0.4, -0.2) is 15.6 Å². The Bertz CT molecular complexity index is 597. The van der Waals surface area contributed by atoms with E-state index in [4.69, 9.17) is 5.41 Å². The largest absolute Gasteiger partial charge is 0.319 e. The van der Waals surface area contributed by atoms with Crippen LogP contribution in [0.3, 0.4) is 0 Å². The Morgan fingerprint density at radius 1 is 1.28 bits per heavy atom. The Hall–Kier alpha value is -2.10. The quantitative estimate of drug-likeness (QED) is 0.877. The van der Waals surface area contributed by atoms with Crippen molar-refractivity contribution in [3.05, 3.63) is 47.8 Å².